The fourth-order valence-electron chi connectivity index (χ4n) is 4.08. The lowest BCUT2D eigenvalue weighted by atomic mass is 9.80. The Bertz CT molecular complexity index is 752. The number of carbonyl (C=O) groups excluding carboxylic acids is 1. The van der Waals surface area contributed by atoms with E-state index in [1.54, 1.807) is 11.7 Å². The summed E-state index contributed by atoms with van der Waals surface area (Å²) in [6.07, 6.45) is 5.15. The predicted molar refractivity (Wildman–Crippen MR) is 102 cm³/mol. The van der Waals surface area contributed by atoms with E-state index >= 15 is 0 Å². The van der Waals surface area contributed by atoms with Crippen LogP contribution in [0.4, 0.5) is 0 Å². The maximum Gasteiger partial charge on any atom is 0.360 e. The number of aromatic nitrogens is 2. The number of unbranched alkanes of at least 4 members (excludes halogenated alkanes) is 1. The van der Waals surface area contributed by atoms with Crippen LogP contribution in [0.3, 0.4) is 0 Å². The second kappa shape index (κ2) is 9.05. The molecule has 2 aliphatic heterocycles. The first-order valence-corrected chi connectivity index (χ1v) is 10.1. The molecule has 0 atom stereocenters. The Morgan fingerprint density at radius 2 is 1.96 bits per heavy atom. The average molecular weight is 394 g/mol. The second-order valence-corrected chi connectivity index (χ2v) is 7.50. The van der Waals surface area contributed by atoms with Gasteiger partial charge in [-0.3, -0.25) is 9.36 Å². The molecule has 3 aliphatic rings. The van der Waals surface area contributed by atoms with Gasteiger partial charge in [-0.2, -0.15) is 0 Å². The molecule has 28 heavy (non-hydrogen) atoms. The fourth-order valence-corrected chi connectivity index (χ4v) is 4.08. The minimum Gasteiger partial charge on any atom is -0.486 e. The van der Waals surface area contributed by atoms with Gasteiger partial charge in [-0.25, -0.2) is 9.78 Å². The van der Waals surface area contributed by atoms with Crippen molar-refractivity contribution < 1.29 is 23.7 Å². The molecule has 1 aromatic rings. The number of carbonyl (C=O) groups is 1. The normalized spacial score (nSPS) is 23.2. The Kier molecular flexibility index (Phi) is 6.72. The van der Waals surface area contributed by atoms with Gasteiger partial charge in [-0.05, 0) is 38.0 Å². The van der Waals surface area contributed by atoms with Gasteiger partial charge in [-0.1, -0.05) is 13.3 Å². The molecule has 156 valence electrons. The SMILES string of the molecule is CCCCOc1c(C(=O)OC)nc2n(c1=O)CC1CCC2(OCCOC)CC1. The summed E-state index contributed by atoms with van der Waals surface area (Å²) in [7, 11) is 2.90. The number of ether oxygens (including phenoxy) is 4. The number of fused-ring (bicyclic) bond motifs is 2. The van der Waals surface area contributed by atoms with Crippen molar-refractivity contribution in [3.05, 3.63) is 21.9 Å². The van der Waals surface area contributed by atoms with Crippen LogP contribution in [0.1, 0.15) is 61.8 Å². The summed E-state index contributed by atoms with van der Waals surface area (Å²) in [6.45, 7) is 3.82. The molecule has 4 rings (SSSR count). The molecule has 0 amide bonds. The van der Waals surface area contributed by atoms with E-state index in [-0.39, 0.29) is 17.0 Å². The van der Waals surface area contributed by atoms with Crippen LogP contribution in [0.2, 0.25) is 0 Å². The smallest absolute Gasteiger partial charge is 0.360 e. The second-order valence-electron chi connectivity index (χ2n) is 7.50. The zero-order valence-electron chi connectivity index (χ0n) is 17.0. The van der Waals surface area contributed by atoms with Crippen molar-refractivity contribution in [3.63, 3.8) is 0 Å². The summed E-state index contributed by atoms with van der Waals surface area (Å²) >= 11 is 0. The van der Waals surface area contributed by atoms with Crippen LogP contribution < -0.4 is 10.3 Å². The molecule has 0 aromatic carbocycles. The summed E-state index contributed by atoms with van der Waals surface area (Å²) in [5.74, 6) is 0.222. The van der Waals surface area contributed by atoms with Gasteiger partial charge in [0, 0.05) is 13.7 Å². The first kappa shape index (κ1) is 20.8. The van der Waals surface area contributed by atoms with Gasteiger partial charge in [-0.15, -0.1) is 0 Å². The standard InChI is InChI=1S/C20H30N2O6/c1-4-5-10-27-16-15(18(24)26-3)21-19-20(28-12-11-25-2)8-6-14(7-9-20)13-22(19)17(16)23/h14H,4-13H2,1-3H3. The van der Waals surface area contributed by atoms with Crippen molar-refractivity contribution in [2.45, 2.75) is 57.6 Å². The lowest BCUT2D eigenvalue weighted by Gasteiger charge is -2.36. The Morgan fingerprint density at radius 1 is 1.21 bits per heavy atom. The van der Waals surface area contributed by atoms with Gasteiger partial charge < -0.3 is 18.9 Å². The molecular weight excluding hydrogens is 364 g/mol. The van der Waals surface area contributed by atoms with Crippen LogP contribution in [0.5, 0.6) is 5.75 Å². The van der Waals surface area contributed by atoms with Crippen molar-refractivity contribution >= 4 is 5.97 Å². The largest absolute Gasteiger partial charge is 0.486 e. The van der Waals surface area contributed by atoms with Gasteiger partial charge in [0.1, 0.15) is 11.4 Å². The molecule has 1 aliphatic carbocycles. The monoisotopic (exact) mass is 394 g/mol. The highest BCUT2D eigenvalue weighted by Gasteiger charge is 2.46. The fraction of sp³-hybridized carbons (Fsp3) is 0.750. The Hall–Kier alpha value is -1.93. The van der Waals surface area contributed by atoms with Gasteiger partial charge in [0.15, 0.2) is 5.69 Å². The molecule has 0 unspecified atom stereocenters. The zero-order chi connectivity index (χ0) is 20.1. The van der Waals surface area contributed by atoms with E-state index in [9.17, 15) is 9.59 Å². The van der Waals surface area contributed by atoms with Crippen LogP contribution in [-0.4, -0.2) is 49.6 Å². The number of hydrogen-bond acceptors (Lipinski definition) is 7. The predicted octanol–water partition coefficient (Wildman–Crippen LogP) is 2.27. The molecule has 8 heteroatoms. The molecule has 1 fully saturated rings. The van der Waals surface area contributed by atoms with Gasteiger partial charge in [0.2, 0.25) is 5.75 Å². The minimum absolute atomic E-state index is 0.0163. The van der Waals surface area contributed by atoms with E-state index in [2.05, 4.69) is 4.98 Å². The summed E-state index contributed by atoms with van der Waals surface area (Å²) in [5, 5.41) is 0. The molecule has 2 bridgehead atoms. The van der Waals surface area contributed by atoms with Crippen LogP contribution in [0.15, 0.2) is 4.79 Å². The van der Waals surface area contributed by atoms with Crippen LogP contribution in [-0.2, 0) is 26.4 Å². The van der Waals surface area contributed by atoms with E-state index in [1.807, 2.05) is 6.92 Å². The minimum atomic E-state index is -0.685. The molecular formula is C20H30N2O6. The highest BCUT2D eigenvalue weighted by molar-refractivity contribution is 5.90. The third kappa shape index (κ3) is 3.93. The lowest BCUT2D eigenvalue weighted by molar-refractivity contribution is -0.0970. The Morgan fingerprint density at radius 3 is 2.61 bits per heavy atom. The summed E-state index contributed by atoms with van der Waals surface area (Å²) in [6, 6.07) is 0. The molecule has 8 nitrogen and oxygen atoms in total. The van der Waals surface area contributed by atoms with Crippen molar-refractivity contribution in [2.75, 3.05) is 34.0 Å². The Labute approximate surface area is 165 Å². The molecule has 0 saturated heterocycles. The molecule has 1 aromatic heterocycles. The quantitative estimate of drug-likeness (QED) is 0.469. The molecule has 0 radical (unpaired) electrons. The number of esters is 1. The first-order valence-electron chi connectivity index (χ1n) is 10.1. The number of nitrogens with zero attached hydrogens (tertiary/aromatic N) is 2. The molecule has 0 spiro atoms. The molecule has 3 heterocycles. The topological polar surface area (TPSA) is 88.9 Å². The van der Waals surface area contributed by atoms with Crippen molar-refractivity contribution in [2.24, 2.45) is 5.92 Å². The summed E-state index contributed by atoms with van der Waals surface area (Å²) in [5.41, 5.74) is -1.07. The van der Waals surface area contributed by atoms with Crippen molar-refractivity contribution in [3.8, 4) is 5.75 Å². The highest BCUT2D eigenvalue weighted by Crippen LogP contribution is 2.45. The summed E-state index contributed by atoms with van der Waals surface area (Å²) < 4.78 is 23.6. The van der Waals surface area contributed by atoms with E-state index in [1.165, 1.54) is 7.11 Å². The lowest BCUT2D eigenvalue weighted by Crippen LogP contribution is -2.39. The van der Waals surface area contributed by atoms with Crippen molar-refractivity contribution in [1.82, 2.24) is 9.55 Å². The van der Waals surface area contributed by atoms with Crippen LogP contribution >= 0.6 is 0 Å². The molecule has 1 saturated carbocycles. The highest BCUT2D eigenvalue weighted by atomic mass is 16.5. The van der Waals surface area contributed by atoms with Crippen LogP contribution in [0.25, 0.3) is 0 Å². The maximum absolute atomic E-state index is 13.3. The van der Waals surface area contributed by atoms with E-state index in [0.717, 1.165) is 38.5 Å². The van der Waals surface area contributed by atoms with E-state index in [4.69, 9.17) is 18.9 Å². The third-order valence-electron chi connectivity index (χ3n) is 5.68. The third-order valence-corrected chi connectivity index (χ3v) is 5.68. The van der Waals surface area contributed by atoms with Crippen molar-refractivity contribution in [1.29, 1.82) is 0 Å². The Balaban J connectivity index is 2.10. The average Bonchev–Trinajstić information content (AvgIpc) is 2.96. The van der Waals surface area contributed by atoms with Gasteiger partial charge in [0.25, 0.3) is 5.56 Å². The zero-order valence-corrected chi connectivity index (χ0v) is 17.0. The maximum atomic E-state index is 13.3. The van der Waals surface area contributed by atoms with Gasteiger partial charge >= 0.3 is 5.97 Å². The van der Waals surface area contributed by atoms with E-state index in [0.29, 0.717) is 38.1 Å². The van der Waals surface area contributed by atoms with Crippen LogP contribution in [0, 0.1) is 5.92 Å². The summed E-state index contributed by atoms with van der Waals surface area (Å²) in [4.78, 5) is 30.3. The first-order chi connectivity index (χ1) is 13.6. The van der Waals surface area contributed by atoms with E-state index < -0.39 is 11.6 Å². The van der Waals surface area contributed by atoms with Gasteiger partial charge in [0.05, 0.1) is 26.9 Å². The molecule has 0 N–H and O–H groups in total. The number of rotatable bonds is 9. The number of methoxy groups -OCH3 is 2. The number of hydrogen-bond donors (Lipinski definition) is 0.